The minimum absolute atomic E-state index is 0.317. The van der Waals surface area contributed by atoms with Gasteiger partial charge in [0.1, 0.15) is 5.60 Å². The van der Waals surface area contributed by atoms with Gasteiger partial charge in [0.25, 0.3) is 0 Å². The van der Waals surface area contributed by atoms with Crippen molar-refractivity contribution >= 4 is 28.5 Å². The van der Waals surface area contributed by atoms with Gasteiger partial charge in [-0.25, -0.2) is 9.59 Å². The molecule has 0 aliphatic carbocycles. The average Bonchev–Trinajstić information content (AvgIpc) is 2.80. The van der Waals surface area contributed by atoms with Crippen LogP contribution >= 0.6 is 0 Å². The molecule has 0 fully saturated rings. The third-order valence-electron chi connectivity index (χ3n) is 4.00. The van der Waals surface area contributed by atoms with Crippen molar-refractivity contribution in [2.24, 2.45) is 0 Å². The van der Waals surface area contributed by atoms with Crippen LogP contribution in [0, 0.1) is 0 Å². The fourth-order valence-corrected chi connectivity index (χ4v) is 2.94. The van der Waals surface area contributed by atoms with Crippen LogP contribution < -0.4 is 0 Å². The number of carbonyl (C=O) groups excluding carboxylic acids is 2. The fourth-order valence-electron chi connectivity index (χ4n) is 2.94. The molecule has 0 saturated carbocycles. The molecule has 2 heterocycles. The lowest BCUT2D eigenvalue weighted by atomic mass is 10.0. The number of ether oxygens (including phenoxy) is 2. The molecular formula is C19H22N2O4. The van der Waals surface area contributed by atoms with Crippen molar-refractivity contribution in [3.05, 3.63) is 41.7 Å². The summed E-state index contributed by atoms with van der Waals surface area (Å²) in [4.78, 5) is 29.5. The first kappa shape index (κ1) is 17.1. The molecule has 1 aliphatic rings. The molecular weight excluding hydrogens is 320 g/mol. The number of methoxy groups -OCH3 is 1. The highest BCUT2D eigenvalue weighted by Crippen LogP contribution is 2.31. The number of rotatable bonds is 1. The van der Waals surface area contributed by atoms with E-state index in [1.54, 1.807) is 0 Å². The molecule has 0 spiro atoms. The van der Waals surface area contributed by atoms with Crippen molar-refractivity contribution in [3.8, 4) is 0 Å². The van der Waals surface area contributed by atoms with E-state index in [1.165, 1.54) is 18.2 Å². The summed E-state index contributed by atoms with van der Waals surface area (Å²) in [6.45, 7) is 5.85. The number of H-pyrrole nitrogens is 1. The number of fused-ring (bicyclic) bond motifs is 3. The quantitative estimate of drug-likeness (QED) is 0.806. The maximum absolute atomic E-state index is 12.5. The molecule has 6 nitrogen and oxygen atoms in total. The van der Waals surface area contributed by atoms with Gasteiger partial charge in [-0.1, -0.05) is 18.2 Å². The lowest BCUT2D eigenvalue weighted by Gasteiger charge is -2.24. The molecule has 0 atom stereocenters. The van der Waals surface area contributed by atoms with Gasteiger partial charge >= 0.3 is 12.1 Å². The maximum atomic E-state index is 12.5. The van der Waals surface area contributed by atoms with Crippen LogP contribution in [0.5, 0.6) is 0 Å². The second kappa shape index (κ2) is 6.27. The van der Waals surface area contributed by atoms with Gasteiger partial charge in [0.05, 0.1) is 18.4 Å². The van der Waals surface area contributed by atoms with Gasteiger partial charge < -0.3 is 14.5 Å². The molecule has 1 amide bonds. The van der Waals surface area contributed by atoms with Crippen molar-refractivity contribution in [2.45, 2.75) is 32.8 Å². The summed E-state index contributed by atoms with van der Waals surface area (Å²) in [5.41, 5.74) is 2.35. The number of carbonyl (C=O) groups is 2. The standard InChI is InChI=1S/C19H22N2O4/c1-19(2,3)25-18(23)21-10-9-13-12-7-5-6-8-15(12)20-16(13)14(11-21)17(22)24-4/h5-8,11,20H,9-10H2,1-4H3. The number of para-hydroxylation sites is 1. The number of nitrogens with zero attached hydrogens (tertiary/aromatic N) is 1. The van der Waals surface area contributed by atoms with Crippen LogP contribution in [-0.4, -0.2) is 41.2 Å². The van der Waals surface area contributed by atoms with Crippen molar-refractivity contribution in [1.29, 1.82) is 0 Å². The molecule has 3 rings (SSSR count). The Morgan fingerprint density at radius 3 is 2.60 bits per heavy atom. The zero-order chi connectivity index (χ0) is 18.2. The molecule has 1 N–H and O–H groups in total. The summed E-state index contributed by atoms with van der Waals surface area (Å²) >= 11 is 0. The predicted molar refractivity (Wildman–Crippen MR) is 94.9 cm³/mol. The van der Waals surface area contributed by atoms with Crippen molar-refractivity contribution < 1.29 is 19.1 Å². The Kier molecular flexibility index (Phi) is 4.29. The minimum Gasteiger partial charge on any atom is -0.465 e. The Balaban J connectivity index is 2.06. The normalized spacial score (nSPS) is 14.6. The van der Waals surface area contributed by atoms with E-state index in [4.69, 9.17) is 9.47 Å². The number of amides is 1. The number of hydrogen-bond donors (Lipinski definition) is 1. The Labute approximate surface area is 146 Å². The van der Waals surface area contributed by atoms with E-state index in [-0.39, 0.29) is 0 Å². The van der Waals surface area contributed by atoms with Crippen molar-refractivity contribution in [3.63, 3.8) is 0 Å². The van der Waals surface area contributed by atoms with Gasteiger partial charge in [0.15, 0.2) is 0 Å². The van der Waals surface area contributed by atoms with Gasteiger partial charge in [-0.2, -0.15) is 0 Å². The SMILES string of the molecule is COC(=O)C1=CN(C(=O)OC(C)(C)C)CCc2c1[nH]c1ccccc21. The van der Waals surface area contributed by atoms with E-state index >= 15 is 0 Å². The third kappa shape index (κ3) is 3.38. The number of nitrogens with one attached hydrogen (secondary N) is 1. The molecule has 1 aliphatic heterocycles. The highest BCUT2D eigenvalue weighted by Gasteiger charge is 2.29. The first-order valence-electron chi connectivity index (χ1n) is 8.20. The van der Waals surface area contributed by atoms with Crippen LogP contribution in [-0.2, 0) is 20.7 Å². The minimum atomic E-state index is -0.607. The Bertz CT molecular complexity index is 858. The molecule has 2 aromatic rings. The molecule has 25 heavy (non-hydrogen) atoms. The summed E-state index contributed by atoms with van der Waals surface area (Å²) < 4.78 is 10.4. The largest absolute Gasteiger partial charge is 0.465 e. The second-order valence-electron chi connectivity index (χ2n) is 6.98. The second-order valence-corrected chi connectivity index (χ2v) is 6.98. The van der Waals surface area contributed by atoms with E-state index in [0.29, 0.717) is 24.2 Å². The van der Waals surface area contributed by atoms with E-state index in [1.807, 2.05) is 45.0 Å². The summed E-state index contributed by atoms with van der Waals surface area (Å²) in [6.07, 6.45) is 1.64. The average molecular weight is 342 g/mol. The van der Waals surface area contributed by atoms with Crippen LogP contribution in [0.4, 0.5) is 4.79 Å². The number of aromatic nitrogens is 1. The molecule has 0 radical (unpaired) electrons. The number of benzene rings is 1. The monoisotopic (exact) mass is 342 g/mol. The molecule has 0 unspecified atom stereocenters. The molecule has 6 heteroatoms. The van der Waals surface area contributed by atoms with Gasteiger partial charge in [0, 0.05) is 23.6 Å². The number of aromatic amines is 1. The van der Waals surface area contributed by atoms with Crippen LogP contribution in [0.15, 0.2) is 30.5 Å². The topological polar surface area (TPSA) is 71.6 Å². The van der Waals surface area contributed by atoms with Crippen LogP contribution in [0.1, 0.15) is 32.0 Å². The van der Waals surface area contributed by atoms with E-state index in [2.05, 4.69) is 4.98 Å². The van der Waals surface area contributed by atoms with Crippen LogP contribution in [0.2, 0.25) is 0 Å². The van der Waals surface area contributed by atoms with Crippen molar-refractivity contribution in [1.82, 2.24) is 9.88 Å². The zero-order valence-electron chi connectivity index (χ0n) is 14.9. The molecule has 132 valence electrons. The highest BCUT2D eigenvalue weighted by molar-refractivity contribution is 6.18. The van der Waals surface area contributed by atoms with E-state index in [0.717, 1.165) is 16.5 Å². The molecule has 1 aromatic carbocycles. The van der Waals surface area contributed by atoms with Crippen LogP contribution in [0.25, 0.3) is 16.5 Å². The summed E-state index contributed by atoms with van der Waals surface area (Å²) in [5, 5.41) is 1.04. The first-order chi connectivity index (χ1) is 11.8. The summed E-state index contributed by atoms with van der Waals surface area (Å²) in [6, 6.07) is 7.86. The Morgan fingerprint density at radius 2 is 1.92 bits per heavy atom. The van der Waals surface area contributed by atoms with Gasteiger partial charge in [-0.15, -0.1) is 0 Å². The van der Waals surface area contributed by atoms with Gasteiger partial charge in [0.2, 0.25) is 0 Å². The summed E-state index contributed by atoms with van der Waals surface area (Å²) in [7, 11) is 1.33. The lowest BCUT2D eigenvalue weighted by Crippen LogP contribution is -2.34. The third-order valence-corrected chi connectivity index (χ3v) is 4.00. The summed E-state index contributed by atoms with van der Waals surface area (Å²) in [5.74, 6) is -0.497. The van der Waals surface area contributed by atoms with E-state index in [9.17, 15) is 9.59 Å². The van der Waals surface area contributed by atoms with Crippen LogP contribution in [0.3, 0.4) is 0 Å². The van der Waals surface area contributed by atoms with Gasteiger partial charge in [-0.05, 0) is 38.8 Å². The number of esters is 1. The predicted octanol–water partition coefficient (Wildman–Crippen LogP) is 3.48. The fraction of sp³-hybridized carbons (Fsp3) is 0.368. The molecule has 1 aromatic heterocycles. The Morgan fingerprint density at radius 1 is 1.20 bits per heavy atom. The van der Waals surface area contributed by atoms with Crippen molar-refractivity contribution in [2.75, 3.05) is 13.7 Å². The maximum Gasteiger partial charge on any atom is 0.414 e. The van der Waals surface area contributed by atoms with Gasteiger partial charge in [-0.3, -0.25) is 4.90 Å². The lowest BCUT2D eigenvalue weighted by molar-refractivity contribution is -0.133. The Hall–Kier alpha value is -2.76. The first-order valence-corrected chi connectivity index (χ1v) is 8.20. The van der Waals surface area contributed by atoms with E-state index < -0.39 is 17.7 Å². The highest BCUT2D eigenvalue weighted by atomic mass is 16.6. The smallest absolute Gasteiger partial charge is 0.414 e. The molecule has 0 saturated heterocycles. The zero-order valence-corrected chi connectivity index (χ0v) is 14.9. The molecule has 0 bridgehead atoms. The number of hydrogen-bond acceptors (Lipinski definition) is 4.